The van der Waals surface area contributed by atoms with Crippen molar-refractivity contribution in [3.05, 3.63) is 95.3 Å². The predicted octanol–water partition coefficient (Wildman–Crippen LogP) is 3.61. The van der Waals surface area contributed by atoms with Crippen LogP contribution in [0, 0.1) is 0 Å². The van der Waals surface area contributed by atoms with Crippen LogP contribution in [0.4, 0.5) is 5.69 Å². The first-order valence-corrected chi connectivity index (χ1v) is 12.4. The zero-order chi connectivity index (χ0) is 24.0. The van der Waals surface area contributed by atoms with Crippen LogP contribution in [-0.2, 0) is 21.4 Å². The number of carbonyl (C=O) groups excluding carboxylic acids is 2. The minimum absolute atomic E-state index is 0.105. The molecule has 0 atom stereocenters. The number of sulfonamides is 1. The first-order valence-electron chi connectivity index (χ1n) is 10.9. The summed E-state index contributed by atoms with van der Waals surface area (Å²) in [5.41, 5.74) is 1.55. The number of benzene rings is 2. The Bertz CT molecular complexity index is 1270. The van der Waals surface area contributed by atoms with E-state index in [-0.39, 0.29) is 18.5 Å². The Kier molecular flexibility index (Phi) is 7.24. The molecule has 1 heterocycles. The van der Waals surface area contributed by atoms with E-state index in [4.69, 9.17) is 4.42 Å². The minimum Gasteiger partial charge on any atom is -0.468 e. The zero-order valence-electron chi connectivity index (χ0n) is 18.4. The molecule has 1 aromatic heterocycles. The fourth-order valence-electron chi connectivity index (χ4n) is 3.22. The molecule has 2 amide bonds. The Hall–Kier alpha value is -3.69. The Morgan fingerprint density at radius 1 is 1.03 bits per heavy atom. The molecule has 1 aliphatic rings. The Balaban J connectivity index is 1.47. The topological polar surface area (TPSA) is 109 Å². The quantitative estimate of drug-likeness (QED) is 0.462. The highest BCUT2D eigenvalue weighted by Crippen LogP contribution is 2.20. The van der Waals surface area contributed by atoms with Crippen LogP contribution in [0.15, 0.2) is 82.8 Å². The minimum atomic E-state index is -3.94. The van der Waals surface area contributed by atoms with Gasteiger partial charge in [0.1, 0.15) is 5.76 Å². The van der Waals surface area contributed by atoms with Crippen molar-refractivity contribution in [1.82, 2.24) is 9.62 Å². The normalized spacial score (nSPS) is 13.8. The lowest BCUT2D eigenvalue weighted by Crippen LogP contribution is -2.36. The third-order valence-electron chi connectivity index (χ3n) is 5.15. The summed E-state index contributed by atoms with van der Waals surface area (Å²) < 4.78 is 32.4. The van der Waals surface area contributed by atoms with Gasteiger partial charge in [0.15, 0.2) is 0 Å². The van der Waals surface area contributed by atoms with Crippen LogP contribution in [0.25, 0.3) is 6.08 Å². The smallest absolute Gasteiger partial charge is 0.251 e. The van der Waals surface area contributed by atoms with E-state index in [0.717, 1.165) is 28.1 Å². The van der Waals surface area contributed by atoms with Crippen molar-refractivity contribution in [1.29, 1.82) is 0 Å². The van der Waals surface area contributed by atoms with Crippen LogP contribution in [0.1, 0.15) is 34.5 Å². The summed E-state index contributed by atoms with van der Waals surface area (Å²) in [6.45, 7) is -0.535. The lowest BCUT2D eigenvalue weighted by atomic mass is 10.2. The molecule has 2 aromatic carbocycles. The number of hydrogen-bond acceptors (Lipinski definition) is 5. The highest BCUT2D eigenvalue weighted by molar-refractivity contribution is 7.92. The molecule has 1 aliphatic carbocycles. The van der Waals surface area contributed by atoms with Crippen molar-refractivity contribution in [3.8, 4) is 0 Å². The molecule has 0 saturated heterocycles. The molecule has 2 N–H and O–H groups in total. The van der Waals surface area contributed by atoms with E-state index in [1.165, 1.54) is 12.3 Å². The third-order valence-corrected chi connectivity index (χ3v) is 6.60. The molecule has 0 spiro atoms. The van der Waals surface area contributed by atoms with Gasteiger partial charge in [-0.2, -0.15) is 4.31 Å². The van der Waals surface area contributed by atoms with Crippen molar-refractivity contribution in [2.45, 2.75) is 25.4 Å². The molecule has 9 heteroatoms. The second kappa shape index (κ2) is 10.5. The molecular weight excluding hydrogens is 454 g/mol. The Morgan fingerprint density at radius 2 is 1.82 bits per heavy atom. The van der Waals surface area contributed by atoms with Crippen molar-refractivity contribution in [3.63, 3.8) is 0 Å². The predicted molar refractivity (Wildman–Crippen MR) is 129 cm³/mol. The largest absolute Gasteiger partial charge is 0.468 e. The van der Waals surface area contributed by atoms with Gasteiger partial charge in [-0.1, -0.05) is 36.4 Å². The van der Waals surface area contributed by atoms with Gasteiger partial charge in [0.2, 0.25) is 15.9 Å². The molecule has 0 unspecified atom stereocenters. The SMILES string of the molecule is O=C(CN(Cc1ccco1)S(=O)(=O)/C=C/c1ccccc1)Nc1cccc(C(=O)NC2CC2)c1. The average Bonchev–Trinajstić information content (AvgIpc) is 3.49. The maximum Gasteiger partial charge on any atom is 0.251 e. The van der Waals surface area contributed by atoms with Crippen molar-refractivity contribution in [2.24, 2.45) is 0 Å². The van der Waals surface area contributed by atoms with Gasteiger partial charge in [0.05, 0.1) is 19.4 Å². The fraction of sp³-hybridized carbons (Fsp3) is 0.200. The molecular formula is C25H25N3O5S. The first kappa shape index (κ1) is 23.5. The maximum absolute atomic E-state index is 13.0. The second-order valence-corrected chi connectivity index (χ2v) is 9.80. The molecule has 1 fully saturated rings. The number of amides is 2. The van der Waals surface area contributed by atoms with E-state index in [9.17, 15) is 18.0 Å². The lowest BCUT2D eigenvalue weighted by molar-refractivity contribution is -0.116. The van der Waals surface area contributed by atoms with Crippen LogP contribution in [0.5, 0.6) is 0 Å². The number of rotatable bonds is 10. The maximum atomic E-state index is 13.0. The van der Waals surface area contributed by atoms with Gasteiger partial charge >= 0.3 is 0 Å². The fourth-order valence-corrected chi connectivity index (χ4v) is 4.33. The molecule has 1 saturated carbocycles. The highest BCUT2D eigenvalue weighted by Gasteiger charge is 2.25. The van der Waals surface area contributed by atoms with Crippen LogP contribution < -0.4 is 10.6 Å². The van der Waals surface area contributed by atoms with E-state index in [2.05, 4.69) is 10.6 Å². The van der Waals surface area contributed by atoms with E-state index < -0.39 is 22.5 Å². The standard InChI is InChI=1S/C25H25N3O5S/c29-24(26-22-9-4-8-20(16-22)25(30)27-21-11-12-21)18-28(17-23-10-5-14-33-23)34(31,32)15-13-19-6-2-1-3-7-19/h1-10,13-16,21H,11-12,17-18H2,(H,26,29)(H,27,30)/b15-13+. The van der Waals surface area contributed by atoms with Gasteiger partial charge in [-0.25, -0.2) is 8.42 Å². The first-order chi connectivity index (χ1) is 16.4. The van der Waals surface area contributed by atoms with Gasteiger partial charge in [-0.05, 0) is 54.8 Å². The van der Waals surface area contributed by atoms with Gasteiger partial charge < -0.3 is 15.1 Å². The second-order valence-electron chi connectivity index (χ2n) is 7.98. The monoisotopic (exact) mass is 479 g/mol. The molecule has 0 aliphatic heterocycles. The van der Waals surface area contributed by atoms with E-state index in [0.29, 0.717) is 17.0 Å². The van der Waals surface area contributed by atoms with Crippen LogP contribution in [-0.4, -0.2) is 37.1 Å². The van der Waals surface area contributed by atoms with Crippen LogP contribution in [0.3, 0.4) is 0 Å². The Morgan fingerprint density at radius 3 is 2.53 bits per heavy atom. The summed E-state index contributed by atoms with van der Waals surface area (Å²) >= 11 is 0. The molecule has 0 radical (unpaired) electrons. The number of anilines is 1. The third kappa shape index (κ3) is 6.66. The number of carbonyl (C=O) groups is 2. The summed E-state index contributed by atoms with van der Waals surface area (Å²) in [5.74, 6) is -0.335. The van der Waals surface area contributed by atoms with Gasteiger partial charge in [-0.15, -0.1) is 0 Å². The highest BCUT2D eigenvalue weighted by atomic mass is 32.2. The number of furan rings is 1. The summed E-state index contributed by atoms with van der Waals surface area (Å²) in [4.78, 5) is 25.0. The van der Waals surface area contributed by atoms with Crippen molar-refractivity contribution in [2.75, 3.05) is 11.9 Å². The summed E-state index contributed by atoms with van der Waals surface area (Å²) in [6.07, 6.45) is 4.87. The van der Waals surface area contributed by atoms with Gasteiger partial charge in [0.25, 0.3) is 5.91 Å². The summed E-state index contributed by atoms with van der Waals surface area (Å²) in [5, 5.41) is 6.65. The molecule has 8 nitrogen and oxygen atoms in total. The van der Waals surface area contributed by atoms with E-state index in [1.807, 2.05) is 6.07 Å². The molecule has 4 rings (SSSR count). The van der Waals surface area contributed by atoms with Crippen molar-refractivity contribution >= 4 is 33.6 Å². The van der Waals surface area contributed by atoms with E-state index >= 15 is 0 Å². The zero-order valence-corrected chi connectivity index (χ0v) is 19.2. The Labute approximate surface area is 198 Å². The molecule has 3 aromatic rings. The summed E-state index contributed by atoms with van der Waals surface area (Å²) in [7, 11) is -3.94. The van der Waals surface area contributed by atoms with Crippen LogP contribution in [0.2, 0.25) is 0 Å². The molecule has 0 bridgehead atoms. The number of nitrogens with zero attached hydrogens (tertiary/aromatic N) is 1. The van der Waals surface area contributed by atoms with E-state index in [1.54, 1.807) is 60.7 Å². The van der Waals surface area contributed by atoms with Crippen molar-refractivity contribution < 1.29 is 22.4 Å². The lowest BCUT2D eigenvalue weighted by Gasteiger charge is -2.19. The van der Waals surface area contributed by atoms with Crippen LogP contribution >= 0.6 is 0 Å². The average molecular weight is 480 g/mol. The molecule has 176 valence electrons. The summed E-state index contributed by atoms with van der Waals surface area (Å²) in [6, 6.07) is 19.1. The van der Waals surface area contributed by atoms with Gasteiger partial charge in [0, 0.05) is 22.7 Å². The number of nitrogens with one attached hydrogen (secondary N) is 2. The number of hydrogen-bond donors (Lipinski definition) is 2. The van der Waals surface area contributed by atoms with Gasteiger partial charge in [-0.3, -0.25) is 9.59 Å². The molecule has 34 heavy (non-hydrogen) atoms.